The van der Waals surface area contributed by atoms with Crippen LogP contribution in [0.25, 0.3) is 6.08 Å². The van der Waals surface area contributed by atoms with Crippen molar-refractivity contribution >= 4 is 17.7 Å². The Labute approximate surface area is 100 Å². The molecule has 3 heteroatoms. The van der Waals surface area contributed by atoms with E-state index in [1.165, 1.54) is 0 Å². The van der Waals surface area contributed by atoms with Crippen molar-refractivity contribution in [2.24, 2.45) is 0 Å². The molecule has 2 aromatic rings. The van der Waals surface area contributed by atoms with Crippen molar-refractivity contribution in [3.8, 4) is 0 Å². The first-order valence-electron chi connectivity index (χ1n) is 5.76. The summed E-state index contributed by atoms with van der Waals surface area (Å²) in [5.41, 5.74) is 3.27. The first-order valence-corrected chi connectivity index (χ1v) is 5.76. The predicted molar refractivity (Wildman–Crippen MR) is 69.1 cm³/mol. The third-order valence-corrected chi connectivity index (χ3v) is 2.78. The van der Waals surface area contributed by atoms with Crippen LogP contribution in [0.5, 0.6) is 0 Å². The van der Waals surface area contributed by atoms with Crippen LogP contribution in [0.3, 0.4) is 0 Å². The Morgan fingerprint density at radius 1 is 1.12 bits per heavy atom. The second kappa shape index (κ2) is 4.37. The van der Waals surface area contributed by atoms with Crippen molar-refractivity contribution < 1.29 is 0 Å². The van der Waals surface area contributed by atoms with E-state index >= 15 is 0 Å². The minimum Gasteiger partial charge on any atom is -0.324 e. The van der Waals surface area contributed by atoms with Gasteiger partial charge in [-0.1, -0.05) is 30.4 Å². The number of anilines is 2. The van der Waals surface area contributed by atoms with E-state index < -0.39 is 0 Å². The number of hydrogen-bond donors (Lipinski definition) is 1. The molecule has 0 atom stereocenters. The number of hydrogen-bond acceptors (Lipinski definition) is 3. The minimum absolute atomic E-state index is 0.672. The first-order chi connectivity index (χ1) is 8.42. The Hall–Kier alpha value is -2.16. The van der Waals surface area contributed by atoms with Gasteiger partial charge in [-0.3, -0.25) is 0 Å². The topological polar surface area (TPSA) is 37.8 Å². The zero-order chi connectivity index (χ0) is 11.5. The van der Waals surface area contributed by atoms with E-state index in [4.69, 9.17) is 0 Å². The van der Waals surface area contributed by atoms with Gasteiger partial charge in [0.25, 0.3) is 0 Å². The molecule has 3 rings (SSSR count). The third-order valence-electron chi connectivity index (χ3n) is 2.78. The van der Waals surface area contributed by atoms with Gasteiger partial charge in [0.1, 0.15) is 0 Å². The minimum atomic E-state index is 0.672. The summed E-state index contributed by atoms with van der Waals surface area (Å²) in [4.78, 5) is 8.85. The molecule has 84 valence electrons. The molecule has 1 N–H and O–H groups in total. The zero-order valence-electron chi connectivity index (χ0n) is 9.43. The van der Waals surface area contributed by atoms with Crippen LogP contribution < -0.4 is 5.32 Å². The molecule has 1 aromatic carbocycles. The van der Waals surface area contributed by atoms with E-state index in [1.54, 1.807) is 0 Å². The summed E-state index contributed by atoms with van der Waals surface area (Å²) in [6.45, 7) is 0. The van der Waals surface area contributed by atoms with Gasteiger partial charge >= 0.3 is 0 Å². The number of fused-ring (bicyclic) bond motifs is 1. The van der Waals surface area contributed by atoms with E-state index in [0.717, 1.165) is 29.8 Å². The molecule has 17 heavy (non-hydrogen) atoms. The molecule has 0 spiro atoms. The van der Waals surface area contributed by atoms with Crippen LogP contribution in [0.2, 0.25) is 0 Å². The summed E-state index contributed by atoms with van der Waals surface area (Å²) >= 11 is 0. The molecule has 0 bridgehead atoms. The molecule has 0 amide bonds. The lowest BCUT2D eigenvalue weighted by atomic mass is 10.1. The summed E-state index contributed by atoms with van der Waals surface area (Å²) in [6.07, 6.45) is 8.19. The standard InChI is InChI=1S/C14H13N3/c1-2-7-12(8-3-1)16-14-15-10-11-6-4-5-9-13(11)17-14/h1-4,6-8,10H,5,9H2,(H,15,16,17). The summed E-state index contributed by atoms with van der Waals surface area (Å²) in [5, 5.41) is 3.21. The highest BCUT2D eigenvalue weighted by Gasteiger charge is 2.07. The van der Waals surface area contributed by atoms with Crippen molar-refractivity contribution in [2.45, 2.75) is 12.8 Å². The van der Waals surface area contributed by atoms with Gasteiger partial charge in [-0.15, -0.1) is 0 Å². The second-order valence-electron chi connectivity index (χ2n) is 4.03. The van der Waals surface area contributed by atoms with Crippen LogP contribution >= 0.6 is 0 Å². The van der Waals surface area contributed by atoms with E-state index in [2.05, 4.69) is 27.4 Å². The average Bonchev–Trinajstić information content (AvgIpc) is 2.40. The van der Waals surface area contributed by atoms with E-state index in [-0.39, 0.29) is 0 Å². The average molecular weight is 223 g/mol. The lowest BCUT2D eigenvalue weighted by Gasteiger charge is -2.11. The fourth-order valence-electron chi connectivity index (χ4n) is 1.91. The number of benzene rings is 1. The maximum Gasteiger partial charge on any atom is 0.227 e. The van der Waals surface area contributed by atoms with Gasteiger partial charge in [0, 0.05) is 17.4 Å². The SMILES string of the molecule is C1=Cc2cnc(Nc3ccccc3)nc2CC1. The van der Waals surface area contributed by atoms with Gasteiger partial charge in [-0.25, -0.2) is 9.97 Å². The fourth-order valence-corrected chi connectivity index (χ4v) is 1.91. The van der Waals surface area contributed by atoms with Crippen LogP contribution in [0, 0.1) is 0 Å². The van der Waals surface area contributed by atoms with Gasteiger partial charge in [-0.2, -0.15) is 0 Å². The molecule has 0 unspecified atom stereocenters. The Morgan fingerprint density at radius 2 is 2.00 bits per heavy atom. The van der Waals surface area contributed by atoms with Crippen molar-refractivity contribution in [3.63, 3.8) is 0 Å². The Bertz CT molecular complexity index is 547. The molecule has 1 aliphatic rings. The van der Waals surface area contributed by atoms with Crippen LogP contribution in [0.1, 0.15) is 17.7 Å². The molecule has 0 saturated carbocycles. The number of para-hydroxylation sites is 1. The third kappa shape index (κ3) is 2.18. The molecule has 0 aliphatic heterocycles. The van der Waals surface area contributed by atoms with Gasteiger partial charge in [0.15, 0.2) is 0 Å². The molecule has 0 radical (unpaired) electrons. The van der Waals surface area contributed by atoms with E-state index in [0.29, 0.717) is 5.95 Å². The monoisotopic (exact) mass is 223 g/mol. The number of aromatic nitrogens is 2. The lowest BCUT2D eigenvalue weighted by molar-refractivity contribution is 0.912. The second-order valence-corrected chi connectivity index (χ2v) is 4.03. The summed E-state index contributed by atoms with van der Waals surface area (Å²) in [5.74, 6) is 0.672. The molecule has 3 nitrogen and oxygen atoms in total. The van der Waals surface area contributed by atoms with Crippen molar-refractivity contribution in [1.29, 1.82) is 0 Å². The van der Waals surface area contributed by atoms with Crippen LogP contribution in [0.4, 0.5) is 11.6 Å². The van der Waals surface area contributed by atoms with Crippen LogP contribution in [-0.4, -0.2) is 9.97 Å². The fraction of sp³-hybridized carbons (Fsp3) is 0.143. The Morgan fingerprint density at radius 3 is 2.88 bits per heavy atom. The smallest absolute Gasteiger partial charge is 0.227 e. The van der Waals surface area contributed by atoms with Gasteiger partial charge in [-0.05, 0) is 25.0 Å². The number of rotatable bonds is 2. The van der Waals surface area contributed by atoms with Gasteiger partial charge in [0.05, 0.1) is 5.69 Å². The molecule has 0 saturated heterocycles. The largest absolute Gasteiger partial charge is 0.324 e. The van der Waals surface area contributed by atoms with Crippen LogP contribution in [-0.2, 0) is 6.42 Å². The summed E-state index contributed by atoms with van der Waals surface area (Å²) in [6, 6.07) is 9.97. The van der Waals surface area contributed by atoms with E-state index in [9.17, 15) is 0 Å². The zero-order valence-corrected chi connectivity index (χ0v) is 9.43. The molecular formula is C14H13N3. The van der Waals surface area contributed by atoms with Crippen molar-refractivity contribution in [1.82, 2.24) is 9.97 Å². The van der Waals surface area contributed by atoms with Gasteiger partial charge < -0.3 is 5.32 Å². The normalized spacial score (nSPS) is 13.2. The summed E-state index contributed by atoms with van der Waals surface area (Å²) in [7, 11) is 0. The first kappa shape index (κ1) is 10.0. The van der Waals surface area contributed by atoms with E-state index in [1.807, 2.05) is 36.5 Å². The number of nitrogens with one attached hydrogen (secondary N) is 1. The maximum atomic E-state index is 4.54. The number of allylic oxidation sites excluding steroid dienone is 1. The summed E-state index contributed by atoms with van der Waals surface area (Å²) < 4.78 is 0. The van der Waals surface area contributed by atoms with Crippen LogP contribution in [0.15, 0.2) is 42.6 Å². The molecule has 1 aliphatic carbocycles. The van der Waals surface area contributed by atoms with Crippen molar-refractivity contribution in [2.75, 3.05) is 5.32 Å². The highest BCUT2D eigenvalue weighted by atomic mass is 15.1. The lowest BCUT2D eigenvalue weighted by Crippen LogP contribution is -2.04. The predicted octanol–water partition coefficient (Wildman–Crippen LogP) is 3.18. The number of nitrogens with zero attached hydrogens (tertiary/aromatic N) is 2. The number of aryl methyl sites for hydroxylation is 1. The maximum absolute atomic E-state index is 4.54. The highest BCUT2D eigenvalue weighted by Crippen LogP contribution is 2.19. The highest BCUT2D eigenvalue weighted by molar-refractivity contribution is 5.57. The Balaban J connectivity index is 1.87. The molecule has 1 aromatic heterocycles. The van der Waals surface area contributed by atoms with Crippen molar-refractivity contribution in [3.05, 3.63) is 53.9 Å². The Kier molecular flexibility index (Phi) is 2.58. The molecular weight excluding hydrogens is 210 g/mol. The quantitative estimate of drug-likeness (QED) is 0.849. The van der Waals surface area contributed by atoms with Gasteiger partial charge in [0.2, 0.25) is 5.95 Å². The molecule has 1 heterocycles. The molecule has 0 fully saturated rings.